The van der Waals surface area contributed by atoms with E-state index in [4.69, 9.17) is 11.6 Å². The van der Waals surface area contributed by atoms with Crippen LogP contribution in [-0.2, 0) is 15.8 Å². The zero-order chi connectivity index (χ0) is 22.4. The first-order valence-electron chi connectivity index (χ1n) is 9.67. The van der Waals surface area contributed by atoms with E-state index in [1.807, 2.05) is 40.1 Å². The van der Waals surface area contributed by atoms with E-state index in [-0.39, 0.29) is 24.7 Å². The third kappa shape index (κ3) is 6.95. The number of rotatable bonds is 6. The van der Waals surface area contributed by atoms with Crippen LogP contribution in [0.3, 0.4) is 0 Å². The Morgan fingerprint density at radius 3 is 1.87 bits per heavy atom. The van der Waals surface area contributed by atoms with Crippen molar-refractivity contribution in [3.05, 3.63) is 59.1 Å². The number of alkyl halides is 3. The summed E-state index contributed by atoms with van der Waals surface area (Å²) in [5.41, 5.74) is -0.217. The molecule has 1 aliphatic rings. The number of anilines is 2. The number of benzene rings is 2. The van der Waals surface area contributed by atoms with Crippen molar-refractivity contribution >= 4 is 34.8 Å². The van der Waals surface area contributed by atoms with Crippen molar-refractivity contribution in [2.24, 2.45) is 0 Å². The maximum atomic E-state index is 12.9. The lowest BCUT2D eigenvalue weighted by molar-refractivity contribution is -0.137. The Balaban J connectivity index is 1.43. The van der Waals surface area contributed by atoms with E-state index in [0.717, 1.165) is 17.8 Å². The van der Waals surface area contributed by atoms with E-state index in [2.05, 4.69) is 10.6 Å². The van der Waals surface area contributed by atoms with Crippen LogP contribution in [0, 0.1) is 0 Å². The number of nitrogens with zero attached hydrogens (tertiary/aromatic N) is 2. The standard InChI is InChI=1S/C21H22ClF3N4O2/c22-18-7-6-16(12-17(18)21(23,24)25)27-20(31)14-29-10-8-28(9-11-29)13-19(30)26-15-4-2-1-3-5-15/h1-7,12H,8-11,13-14H2,(H,26,30)(H,27,31). The summed E-state index contributed by atoms with van der Waals surface area (Å²) in [6, 6.07) is 12.4. The van der Waals surface area contributed by atoms with Gasteiger partial charge in [-0.1, -0.05) is 29.8 Å². The Morgan fingerprint density at radius 2 is 1.35 bits per heavy atom. The molecule has 1 aliphatic heterocycles. The predicted octanol–water partition coefficient (Wildman–Crippen LogP) is 3.55. The first-order chi connectivity index (χ1) is 14.7. The summed E-state index contributed by atoms with van der Waals surface area (Å²) in [4.78, 5) is 28.3. The molecule has 0 bridgehead atoms. The molecule has 2 N–H and O–H groups in total. The molecule has 0 aromatic heterocycles. The molecule has 0 spiro atoms. The molecule has 0 radical (unpaired) electrons. The summed E-state index contributed by atoms with van der Waals surface area (Å²) in [6.07, 6.45) is -4.60. The SMILES string of the molecule is O=C(CN1CCN(CC(=O)Nc2ccc(Cl)c(C(F)(F)F)c2)CC1)Nc1ccccc1. The van der Waals surface area contributed by atoms with Crippen LogP contribution in [0.25, 0.3) is 0 Å². The van der Waals surface area contributed by atoms with Gasteiger partial charge in [-0.25, -0.2) is 0 Å². The predicted molar refractivity (Wildman–Crippen MR) is 113 cm³/mol. The highest BCUT2D eigenvalue weighted by atomic mass is 35.5. The Labute approximate surface area is 183 Å². The molecule has 2 amide bonds. The maximum absolute atomic E-state index is 12.9. The van der Waals surface area contributed by atoms with Gasteiger partial charge < -0.3 is 10.6 Å². The topological polar surface area (TPSA) is 64.7 Å². The molecule has 1 heterocycles. The summed E-state index contributed by atoms with van der Waals surface area (Å²) in [7, 11) is 0. The summed E-state index contributed by atoms with van der Waals surface area (Å²) in [6.45, 7) is 2.65. The molecular weight excluding hydrogens is 433 g/mol. The maximum Gasteiger partial charge on any atom is 0.417 e. The first-order valence-corrected chi connectivity index (χ1v) is 10.0. The molecule has 0 aliphatic carbocycles. The van der Waals surface area contributed by atoms with Crippen LogP contribution in [0.1, 0.15) is 5.56 Å². The summed E-state index contributed by atoms with van der Waals surface area (Å²) in [5.74, 6) is -0.522. The third-order valence-electron chi connectivity index (χ3n) is 4.81. The van der Waals surface area contributed by atoms with Crippen molar-refractivity contribution in [3.63, 3.8) is 0 Å². The lowest BCUT2D eigenvalue weighted by Gasteiger charge is -2.33. The van der Waals surface area contributed by atoms with Gasteiger partial charge in [0, 0.05) is 37.6 Å². The van der Waals surface area contributed by atoms with Crippen molar-refractivity contribution in [1.82, 2.24) is 9.80 Å². The highest BCUT2D eigenvalue weighted by molar-refractivity contribution is 6.31. The lowest BCUT2D eigenvalue weighted by Crippen LogP contribution is -2.50. The van der Waals surface area contributed by atoms with Crippen LogP contribution in [0.4, 0.5) is 24.5 Å². The van der Waals surface area contributed by atoms with Gasteiger partial charge in [0.05, 0.1) is 23.7 Å². The normalized spacial score (nSPS) is 15.5. The van der Waals surface area contributed by atoms with Gasteiger partial charge in [-0.05, 0) is 30.3 Å². The van der Waals surface area contributed by atoms with Gasteiger partial charge in [-0.15, -0.1) is 0 Å². The van der Waals surface area contributed by atoms with Gasteiger partial charge in [-0.2, -0.15) is 13.2 Å². The Morgan fingerprint density at radius 1 is 0.839 bits per heavy atom. The van der Waals surface area contributed by atoms with E-state index in [1.165, 1.54) is 6.07 Å². The molecule has 31 heavy (non-hydrogen) atoms. The summed E-state index contributed by atoms with van der Waals surface area (Å²) < 4.78 is 38.8. The van der Waals surface area contributed by atoms with Gasteiger partial charge in [-0.3, -0.25) is 19.4 Å². The van der Waals surface area contributed by atoms with E-state index in [0.29, 0.717) is 26.2 Å². The van der Waals surface area contributed by atoms with Gasteiger partial charge in [0.1, 0.15) is 0 Å². The molecule has 1 fully saturated rings. The monoisotopic (exact) mass is 454 g/mol. The number of amides is 2. The fraction of sp³-hybridized carbons (Fsp3) is 0.333. The molecule has 3 rings (SSSR count). The largest absolute Gasteiger partial charge is 0.417 e. The molecule has 2 aromatic rings. The van der Waals surface area contributed by atoms with E-state index in [9.17, 15) is 22.8 Å². The Hall–Kier alpha value is -2.62. The number of carbonyl (C=O) groups is 2. The number of nitrogens with one attached hydrogen (secondary N) is 2. The van der Waals surface area contributed by atoms with Crippen molar-refractivity contribution in [2.75, 3.05) is 49.9 Å². The number of piperazine rings is 1. The first kappa shape index (κ1) is 23.1. The fourth-order valence-corrected chi connectivity index (χ4v) is 3.48. The summed E-state index contributed by atoms with van der Waals surface area (Å²) in [5, 5.41) is 4.90. The lowest BCUT2D eigenvalue weighted by atomic mass is 10.2. The van der Waals surface area contributed by atoms with Crippen LogP contribution in [0.5, 0.6) is 0 Å². The number of para-hydroxylation sites is 1. The van der Waals surface area contributed by atoms with Crippen LogP contribution < -0.4 is 10.6 Å². The minimum atomic E-state index is -4.60. The third-order valence-corrected chi connectivity index (χ3v) is 5.14. The van der Waals surface area contributed by atoms with Crippen LogP contribution in [-0.4, -0.2) is 60.9 Å². The second-order valence-corrected chi connectivity index (χ2v) is 7.61. The van der Waals surface area contributed by atoms with Crippen LogP contribution in [0.2, 0.25) is 5.02 Å². The molecule has 2 aromatic carbocycles. The van der Waals surface area contributed by atoms with Crippen LogP contribution >= 0.6 is 11.6 Å². The molecule has 166 valence electrons. The van der Waals surface area contributed by atoms with Gasteiger partial charge in [0.15, 0.2) is 0 Å². The van der Waals surface area contributed by atoms with Crippen molar-refractivity contribution in [1.29, 1.82) is 0 Å². The average Bonchev–Trinajstić information content (AvgIpc) is 2.71. The minimum absolute atomic E-state index is 0.0398. The average molecular weight is 455 g/mol. The molecule has 10 heteroatoms. The van der Waals surface area contributed by atoms with Gasteiger partial charge in [0.25, 0.3) is 0 Å². The fourth-order valence-electron chi connectivity index (χ4n) is 3.25. The quantitative estimate of drug-likeness (QED) is 0.700. The number of hydrogen-bond acceptors (Lipinski definition) is 4. The van der Waals surface area contributed by atoms with Crippen molar-refractivity contribution in [3.8, 4) is 0 Å². The second kappa shape index (κ2) is 10.1. The number of halogens is 4. The van der Waals surface area contributed by atoms with Gasteiger partial charge >= 0.3 is 6.18 Å². The number of carbonyl (C=O) groups excluding carboxylic acids is 2. The molecule has 0 atom stereocenters. The Bertz CT molecular complexity index is 917. The zero-order valence-electron chi connectivity index (χ0n) is 16.6. The second-order valence-electron chi connectivity index (χ2n) is 7.21. The summed E-state index contributed by atoms with van der Waals surface area (Å²) >= 11 is 5.59. The number of hydrogen-bond donors (Lipinski definition) is 2. The highest BCUT2D eigenvalue weighted by Gasteiger charge is 2.33. The zero-order valence-corrected chi connectivity index (χ0v) is 17.3. The van der Waals surface area contributed by atoms with Crippen molar-refractivity contribution in [2.45, 2.75) is 6.18 Å². The van der Waals surface area contributed by atoms with E-state index in [1.54, 1.807) is 0 Å². The van der Waals surface area contributed by atoms with E-state index >= 15 is 0 Å². The highest BCUT2D eigenvalue weighted by Crippen LogP contribution is 2.36. The van der Waals surface area contributed by atoms with Crippen molar-refractivity contribution < 1.29 is 22.8 Å². The Kier molecular flexibility index (Phi) is 7.53. The molecule has 1 saturated heterocycles. The molecule has 0 unspecified atom stereocenters. The smallest absolute Gasteiger partial charge is 0.325 e. The van der Waals surface area contributed by atoms with E-state index < -0.39 is 22.7 Å². The molecule has 6 nitrogen and oxygen atoms in total. The molecule has 0 saturated carbocycles. The molecular formula is C21H22ClF3N4O2. The van der Waals surface area contributed by atoms with Crippen LogP contribution in [0.15, 0.2) is 48.5 Å². The van der Waals surface area contributed by atoms with Gasteiger partial charge in [0.2, 0.25) is 11.8 Å². The minimum Gasteiger partial charge on any atom is -0.325 e.